The van der Waals surface area contributed by atoms with Gasteiger partial charge in [-0.2, -0.15) is 13.2 Å². The first kappa shape index (κ1) is 17.0. The molecule has 0 amide bonds. The maximum Gasteiger partial charge on any atom is 0.400 e. The van der Waals surface area contributed by atoms with Gasteiger partial charge in [-0.3, -0.25) is 0 Å². The molecule has 18 heavy (non-hydrogen) atoms. The van der Waals surface area contributed by atoms with Crippen molar-refractivity contribution in [2.75, 3.05) is 32.8 Å². The van der Waals surface area contributed by atoms with Crippen LogP contribution in [0.25, 0.3) is 0 Å². The number of oxime groups is 1. The second-order valence-electron chi connectivity index (χ2n) is 3.71. The molecule has 0 radical (unpaired) electrons. The van der Waals surface area contributed by atoms with Crippen molar-refractivity contribution in [1.29, 1.82) is 0 Å². The molecule has 5 nitrogen and oxygen atoms in total. The number of ether oxygens (including phenoxy) is 1. The smallest absolute Gasteiger partial charge is 0.400 e. The molecule has 0 fully saturated rings. The topological polar surface area (TPSA) is 71.1 Å². The van der Waals surface area contributed by atoms with Crippen LogP contribution in [-0.4, -0.2) is 55.0 Å². The Bertz CT molecular complexity index is 259. The fourth-order valence-corrected chi connectivity index (χ4v) is 1.41. The van der Waals surface area contributed by atoms with Crippen molar-refractivity contribution < 1.29 is 23.1 Å². The Morgan fingerprint density at radius 3 is 2.44 bits per heavy atom. The van der Waals surface area contributed by atoms with E-state index in [1.807, 2.05) is 6.92 Å². The molecule has 0 aromatic rings. The van der Waals surface area contributed by atoms with Crippen LogP contribution in [0.1, 0.15) is 13.8 Å². The Hall–Kier alpha value is -1.02. The number of rotatable bonds is 8. The summed E-state index contributed by atoms with van der Waals surface area (Å²) in [5.74, 6) is -2.79. The average molecular weight is 271 g/mol. The summed E-state index contributed by atoms with van der Waals surface area (Å²) in [7, 11) is 0. The standard InChI is InChI=1S/C10H20F3N3O2/c1-3-16(5-6-18-4-2)7-8(9(14)15-17)10(11,12)13/h8,17H,3-7H2,1-2H3,(H2,14,15). The number of likely N-dealkylation sites (N-methyl/N-ethyl adjacent to an activating group) is 1. The van der Waals surface area contributed by atoms with E-state index in [1.54, 1.807) is 11.8 Å². The lowest BCUT2D eigenvalue weighted by atomic mass is 10.1. The Morgan fingerprint density at radius 2 is 2.06 bits per heavy atom. The van der Waals surface area contributed by atoms with E-state index in [0.717, 1.165) is 0 Å². The van der Waals surface area contributed by atoms with E-state index < -0.39 is 17.9 Å². The van der Waals surface area contributed by atoms with E-state index in [2.05, 4.69) is 5.16 Å². The highest BCUT2D eigenvalue weighted by Crippen LogP contribution is 2.27. The van der Waals surface area contributed by atoms with Crippen LogP contribution < -0.4 is 5.73 Å². The first-order valence-electron chi connectivity index (χ1n) is 5.71. The van der Waals surface area contributed by atoms with Crippen molar-refractivity contribution in [2.45, 2.75) is 20.0 Å². The van der Waals surface area contributed by atoms with Gasteiger partial charge >= 0.3 is 6.18 Å². The summed E-state index contributed by atoms with van der Waals surface area (Å²) in [6.45, 7) is 4.87. The maximum atomic E-state index is 12.7. The van der Waals surface area contributed by atoms with Gasteiger partial charge in [0.15, 0.2) is 5.84 Å². The van der Waals surface area contributed by atoms with Crippen LogP contribution in [-0.2, 0) is 4.74 Å². The van der Waals surface area contributed by atoms with Gasteiger partial charge in [-0.05, 0) is 13.5 Å². The SMILES string of the molecule is CCOCCN(CC)CC(C(N)=NO)C(F)(F)F. The highest BCUT2D eigenvalue weighted by molar-refractivity contribution is 5.83. The first-order valence-corrected chi connectivity index (χ1v) is 5.71. The Labute approximate surface area is 104 Å². The van der Waals surface area contributed by atoms with Gasteiger partial charge in [-0.25, -0.2) is 0 Å². The van der Waals surface area contributed by atoms with Crippen molar-refractivity contribution in [3.8, 4) is 0 Å². The zero-order chi connectivity index (χ0) is 14.2. The van der Waals surface area contributed by atoms with Gasteiger partial charge in [0.2, 0.25) is 0 Å². The number of hydrogen-bond acceptors (Lipinski definition) is 4. The third-order valence-corrected chi connectivity index (χ3v) is 2.51. The van der Waals surface area contributed by atoms with Crippen LogP contribution in [0.15, 0.2) is 5.16 Å². The van der Waals surface area contributed by atoms with Gasteiger partial charge in [0.05, 0.1) is 6.61 Å². The number of hydrogen-bond donors (Lipinski definition) is 2. The third kappa shape index (κ3) is 6.06. The molecule has 1 atom stereocenters. The fourth-order valence-electron chi connectivity index (χ4n) is 1.41. The van der Waals surface area contributed by atoms with Gasteiger partial charge in [0.25, 0.3) is 0 Å². The van der Waals surface area contributed by atoms with Crippen LogP contribution in [0.5, 0.6) is 0 Å². The molecular formula is C10H20F3N3O2. The molecule has 0 aliphatic carbocycles. The Kier molecular flexibility index (Phi) is 7.69. The van der Waals surface area contributed by atoms with Gasteiger partial charge in [0.1, 0.15) is 5.92 Å². The van der Waals surface area contributed by atoms with Crippen LogP contribution in [0, 0.1) is 5.92 Å². The van der Waals surface area contributed by atoms with E-state index in [4.69, 9.17) is 15.7 Å². The fraction of sp³-hybridized carbons (Fsp3) is 0.900. The number of nitrogens with two attached hydrogens (primary N) is 1. The van der Waals surface area contributed by atoms with Crippen molar-refractivity contribution in [3.05, 3.63) is 0 Å². The molecule has 0 aliphatic heterocycles. The highest BCUT2D eigenvalue weighted by Gasteiger charge is 2.43. The lowest BCUT2D eigenvalue weighted by Crippen LogP contribution is -2.45. The molecule has 0 saturated carbocycles. The summed E-state index contributed by atoms with van der Waals surface area (Å²) in [6.07, 6.45) is -4.53. The zero-order valence-electron chi connectivity index (χ0n) is 10.6. The minimum Gasteiger partial charge on any atom is -0.409 e. The van der Waals surface area contributed by atoms with Gasteiger partial charge in [-0.1, -0.05) is 12.1 Å². The molecule has 108 valence electrons. The molecule has 0 aliphatic rings. The summed E-state index contributed by atoms with van der Waals surface area (Å²) in [4.78, 5) is 1.55. The molecular weight excluding hydrogens is 251 g/mol. The molecule has 3 N–H and O–H groups in total. The second-order valence-corrected chi connectivity index (χ2v) is 3.71. The molecule has 1 unspecified atom stereocenters. The minimum atomic E-state index is -4.53. The number of halogens is 3. The van der Waals surface area contributed by atoms with E-state index in [1.165, 1.54) is 0 Å². The first-order chi connectivity index (χ1) is 8.36. The van der Waals surface area contributed by atoms with Crippen LogP contribution in [0.3, 0.4) is 0 Å². The normalized spacial score (nSPS) is 15.1. The lowest BCUT2D eigenvalue weighted by Gasteiger charge is -2.27. The maximum absolute atomic E-state index is 12.7. The predicted octanol–water partition coefficient (Wildman–Crippen LogP) is 1.27. The summed E-state index contributed by atoms with van der Waals surface area (Å²) in [5.41, 5.74) is 5.08. The Balaban J connectivity index is 4.54. The second kappa shape index (κ2) is 8.15. The molecule has 0 heterocycles. The van der Waals surface area contributed by atoms with Crippen LogP contribution in [0.2, 0.25) is 0 Å². The predicted molar refractivity (Wildman–Crippen MR) is 61.6 cm³/mol. The summed E-state index contributed by atoms with van der Waals surface area (Å²) >= 11 is 0. The quantitative estimate of drug-likeness (QED) is 0.229. The summed E-state index contributed by atoms with van der Waals surface area (Å²) < 4.78 is 43.2. The van der Waals surface area contributed by atoms with Crippen LogP contribution >= 0.6 is 0 Å². The van der Waals surface area contributed by atoms with Crippen molar-refractivity contribution >= 4 is 5.84 Å². The molecule has 0 bridgehead atoms. The van der Waals surface area contributed by atoms with E-state index in [-0.39, 0.29) is 6.54 Å². The highest BCUT2D eigenvalue weighted by atomic mass is 19.4. The van der Waals surface area contributed by atoms with Gasteiger partial charge in [0, 0.05) is 19.7 Å². The monoisotopic (exact) mass is 271 g/mol. The molecule has 8 heteroatoms. The lowest BCUT2D eigenvalue weighted by molar-refractivity contribution is -0.160. The number of nitrogens with zero attached hydrogens (tertiary/aromatic N) is 2. The molecule has 0 aromatic carbocycles. The van der Waals surface area contributed by atoms with E-state index >= 15 is 0 Å². The molecule has 0 spiro atoms. The van der Waals surface area contributed by atoms with E-state index in [9.17, 15) is 13.2 Å². The zero-order valence-corrected chi connectivity index (χ0v) is 10.6. The summed E-state index contributed by atoms with van der Waals surface area (Å²) in [6, 6.07) is 0. The molecule has 0 saturated heterocycles. The van der Waals surface area contributed by atoms with Crippen molar-refractivity contribution in [1.82, 2.24) is 4.90 Å². The average Bonchev–Trinajstić information content (AvgIpc) is 2.31. The largest absolute Gasteiger partial charge is 0.409 e. The van der Waals surface area contributed by atoms with Crippen molar-refractivity contribution in [2.24, 2.45) is 16.8 Å². The number of amidine groups is 1. The molecule has 0 aromatic heterocycles. The Morgan fingerprint density at radius 1 is 1.44 bits per heavy atom. The van der Waals surface area contributed by atoms with E-state index in [0.29, 0.717) is 26.3 Å². The van der Waals surface area contributed by atoms with Gasteiger partial charge in [-0.15, -0.1) is 0 Å². The third-order valence-electron chi connectivity index (χ3n) is 2.51. The van der Waals surface area contributed by atoms with Gasteiger partial charge < -0.3 is 20.6 Å². The van der Waals surface area contributed by atoms with Crippen LogP contribution in [0.4, 0.5) is 13.2 Å². The number of alkyl halides is 3. The minimum absolute atomic E-state index is 0.344. The molecule has 0 rings (SSSR count). The van der Waals surface area contributed by atoms with Crippen molar-refractivity contribution in [3.63, 3.8) is 0 Å². The summed E-state index contributed by atoms with van der Waals surface area (Å²) in [5, 5.41) is 10.8.